The number of allylic oxidation sites excluding steroid dienone is 2. The monoisotopic (exact) mass is 542 g/mol. The maximum atomic E-state index is 10.0. The molecule has 2 aromatic carbocycles. The average molecular weight is 544 g/mol. The Morgan fingerprint density at radius 2 is 1.81 bits per heavy atom. The third kappa shape index (κ3) is 5.06. The minimum absolute atomic E-state index is 0.138. The highest BCUT2D eigenvalue weighted by atomic mass is 35.5. The minimum atomic E-state index is -0.138. The van der Waals surface area contributed by atoms with Crippen LogP contribution < -0.4 is 0 Å². The van der Waals surface area contributed by atoms with Crippen molar-refractivity contribution in [1.29, 1.82) is 5.26 Å². The fourth-order valence-corrected chi connectivity index (χ4v) is 6.15. The van der Waals surface area contributed by atoms with E-state index in [1.54, 1.807) is 22.2 Å². The molecule has 0 radical (unpaired) electrons. The molecule has 2 heterocycles. The highest BCUT2D eigenvalue weighted by molar-refractivity contribution is 7.16. The third-order valence-electron chi connectivity index (χ3n) is 6.34. The molecule has 0 amide bonds. The first-order valence-electron chi connectivity index (χ1n) is 11.8. The highest BCUT2D eigenvalue weighted by Gasteiger charge is 2.33. The number of thiophene rings is 1. The van der Waals surface area contributed by atoms with Gasteiger partial charge >= 0.3 is 0 Å². The van der Waals surface area contributed by atoms with E-state index in [4.69, 9.17) is 23.2 Å². The van der Waals surface area contributed by atoms with Gasteiger partial charge < -0.3 is 0 Å². The predicted molar refractivity (Wildman–Crippen MR) is 156 cm³/mol. The molecule has 4 aromatic rings. The molecule has 7 heteroatoms. The second-order valence-electron chi connectivity index (χ2n) is 9.60. The first-order chi connectivity index (χ1) is 17.8. The largest absolute Gasteiger partial charge is 0.244 e. The van der Waals surface area contributed by atoms with Crippen molar-refractivity contribution >= 4 is 57.9 Å². The molecule has 0 spiro atoms. The molecule has 5 rings (SSSR count). The Morgan fingerprint density at radius 1 is 1.08 bits per heavy atom. The Kier molecular flexibility index (Phi) is 6.92. The summed E-state index contributed by atoms with van der Waals surface area (Å²) in [4.78, 5) is 5.85. The summed E-state index contributed by atoms with van der Waals surface area (Å²) in [5, 5.41) is 16.6. The molecule has 0 unspecified atom stereocenters. The number of aryl methyl sites for hydroxylation is 1. The molecule has 0 aliphatic heterocycles. The molecule has 0 saturated heterocycles. The van der Waals surface area contributed by atoms with E-state index in [1.165, 1.54) is 4.88 Å². The highest BCUT2D eigenvalue weighted by Crippen LogP contribution is 2.48. The second kappa shape index (κ2) is 10.1. The lowest BCUT2D eigenvalue weighted by atomic mass is 9.77. The van der Waals surface area contributed by atoms with E-state index in [9.17, 15) is 5.26 Å². The molecule has 0 N–H and O–H groups in total. The molecule has 0 bridgehead atoms. The average Bonchev–Trinajstić information content (AvgIpc) is 3.39. The van der Waals surface area contributed by atoms with Gasteiger partial charge in [0.1, 0.15) is 16.2 Å². The maximum absolute atomic E-state index is 10.0. The van der Waals surface area contributed by atoms with E-state index in [2.05, 4.69) is 42.2 Å². The lowest BCUT2D eigenvalue weighted by molar-refractivity contribution is 0.531. The van der Waals surface area contributed by atoms with Gasteiger partial charge in [0.15, 0.2) is 0 Å². The number of para-hydroxylation sites is 1. The van der Waals surface area contributed by atoms with Gasteiger partial charge in [-0.05, 0) is 60.9 Å². The number of nitriles is 1. The Bertz CT molecular complexity index is 1600. The fraction of sp³-hybridized carbons (Fsp3) is 0.167. The quantitative estimate of drug-likeness (QED) is 0.236. The van der Waals surface area contributed by atoms with Crippen LogP contribution in [0.5, 0.6) is 0 Å². The van der Waals surface area contributed by atoms with Gasteiger partial charge in [0.25, 0.3) is 0 Å². The number of halogens is 2. The van der Waals surface area contributed by atoms with E-state index >= 15 is 0 Å². The van der Waals surface area contributed by atoms with E-state index in [1.807, 2.05) is 67.6 Å². The number of aliphatic imine (C=N–C) groups is 1. The number of hydrogen-bond donors (Lipinski definition) is 0. The molecule has 1 aliphatic carbocycles. The summed E-state index contributed by atoms with van der Waals surface area (Å²) in [6.07, 6.45) is 8.84. The number of nitrogens with zero attached hydrogens (tertiary/aromatic N) is 4. The number of hydrogen-bond acceptors (Lipinski definition) is 4. The fourth-order valence-electron chi connectivity index (χ4n) is 4.52. The number of benzene rings is 2. The SMILES string of the molecule is Cc1nn(-c2ccccc2)c(Cl)c1/C=C\C1=Cc2c(sc(/N=C/c3ccc(Cl)cc3)c2C#N)C(C)(C)C1. The van der Waals surface area contributed by atoms with Crippen LogP contribution in [0.2, 0.25) is 10.2 Å². The normalized spacial score (nSPS) is 14.6. The van der Waals surface area contributed by atoms with Gasteiger partial charge in [0.2, 0.25) is 0 Å². The standard InChI is InChI=1S/C30H24Cl2N4S/c1-19-24(28(32)36(35-19)23-7-5-4-6-8-23)14-11-21-15-25-26(17-33)29(37-27(25)30(2,3)16-21)34-18-20-9-12-22(31)13-10-20/h4-15,18H,16H2,1-3H3/b14-11-,34-18+. The van der Waals surface area contributed by atoms with Gasteiger partial charge in [-0.3, -0.25) is 0 Å². The van der Waals surface area contributed by atoms with Crippen molar-refractivity contribution in [3.8, 4) is 11.8 Å². The Hall–Kier alpha value is -3.43. The topological polar surface area (TPSA) is 54.0 Å². The number of aromatic nitrogens is 2. The van der Waals surface area contributed by atoms with Gasteiger partial charge in [-0.1, -0.05) is 73.5 Å². The van der Waals surface area contributed by atoms with Crippen molar-refractivity contribution in [2.45, 2.75) is 32.6 Å². The summed E-state index contributed by atoms with van der Waals surface area (Å²) in [5.74, 6) is 0. The van der Waals surface area contributed by atoms with Gasteiger partial charge in [-0.2, -0.15) is 10.4 Å². The van der Waals surface area contributed by atoms with Crippen LogP contribution in [0, 0.1) is 18.3 Å². The first-order valence-corrected chi connectivity index (χ1v) is 13.4. The number of rotatable bonds is 5. The third-order valence-corrected chi connectivity index (χ3v) is 8.44. The van der Waals surface area contributed by atoms with Crippen LogP contribution >= 0.6 is 34.5 Å². The van der Waals surface area contributed by atoms with Crippen molar-refractivity contribution in [2.75, 3.05) is 0 Å². The van der Waals surface area contributed by atoms with Gasteiger partial charge in [0.05, 0.1) is 16.9 Å². The predicted octanol–water partition coefficient (Wildman–Crippen LogP) is 8.95. The summed E-state index contributed by atoms with van der Waals surface area (Å²) in [7, 11) is 0. The summed E-state index contributed by atoms with van der Waals surface area (Å²) in [5.41, 5.74) is 6.14. The molecule has 1 aliphatic rings. The maximum Gasteiger partial charge on any atom is 0.140 e. The van der Waals surface area contributed by atoms with Crippen molar-refractivity contribution in [3.63, 3.8) is 0 Å². The molecular weight excluding hydrogens is 519 g/mol. The lowest BCUT2D eigenvalue weighted by Gasteiger charge is -2.29. The Labute approximate surface area is 230 Å². The minimum Gasteiger partial charge on any atom is -0.244 e. The van der Waals surface area contributed by atoms with Crippen LogP contribution in [0.15, 0.2) is 71.2 Å². The summed E-state index contributed by atoms with van der Waals surface area (Å²) >= 11 is 14.3. The van der Waals surface area contributed by atoms with E-state index in [-0.39, 0.29) is 5.41 Å². The van der Waals surface area contributed by atoms with E-state index in [0.717, 1.165) is 45.1 Å². The Morgan fingerprint density at radius 3 is 2.51 bits per heavy atom. The van der Waals surface area contributed by atoms with Gasteiger partial charge in [0, 0.05) is 32.7 Å². The summed E-state index contributed by atoms with van der Waals surface area (Å²) < 4.78 is 1.76. The van der Waals surface area contributed by atoms with Crippen LogP contribution in [0.25, 0.3) is 17.8 Å². The molecule has 37 heavy (non-hydrogen) atoms. The molecule has 0 saturated carbocycles. The van der Waals surface area contributed by atoms with Crippen molar-refractivity contribution in [2.24, 2.45) is 4.99 Å². The van der Waals surface area contributed by atoms with Crippen LogP contribution in [-0.4, -0.2) is 16.0 Å². The number of fused-ring (bicyclic) bond motifs is 1. The van der Waals surface area contributed by atoms with Crippen LogP contribution in [0.4, 0.5) is 5.00 Å². The molecule has 0 fully saturated rings. The van der Waals surface area contributed by atoms with Crippen LogP contribution in [-0.2, 0) is 5.41 Å². The lowest BCUT2D eigenvalue weighted by Crippen LogP contribution is -2.20. The summed E-state index contributed by atoms with van der Waals surface area (Å²) in [6, 6.07) is 19.7. The van der Waals surface area contributed by atoms with Crippen molar-refractivity contribution in [3.05, 3.63) is 109 Å². The molecule has 184 valence electrons. The van der Waals surface area contributed by atoms with Crippen molar-refractivity contribution in [1.82, 2.24) is 9.78 Å². The first kappa shape index (κ1) is 25.2. The molecular formula is C30H24Cl2N4S. The van der Waals surface area contributed by atoms with Gasteiger partial charge in [-0.15, -0.1) is 11.3 Å². The molecule has 2 aromatic heterocycles. The van der Waals surface area contributed by atoms with Crippen LogP contribution in [0.1, 0.15) is 53.1 Å². The zero-order valence-electron chi connectivity index (χ0n) is 20.7. The summed E-state index contributed by atoms with van der Waals surface area (Å²) in [6.45, 7) is 6.38. The van der Waals surface area contributed by atoms with Crippen LogP contribution in [0.3, 0.4) is 0 Å². The molecule has 0 atom stereocenters. The van der Waals surface area contributed by atoms with Gasteiger partial charge in [-0.25, -0.2) is 9.67 Å². The molecule has 4 nitrogen and oxygen atoms in total. The zero-order chi connectivity index (χ0) is 26.2. The smallest absolute Gasteiger partial charge is 0.140 e. The Balaban J connectivity index is 1.49. The zero-order valence-corrected chi connectivity index (χ0v) is 23.0. The second-order valence-corrected chi connectivity index (χ2v) is 11.4. The van der Waals surface area contributed by atoms with E-state index in [0.29, 0.717) is 15.7 Å². The van der Waals surface area contributed by atoms with Crippen molar-refractivity contribution < 1.29 is 0 Å². The van der Waals surface area contributed by atoms with E-state index < -0.39 is 0 Å².